The monoisotopic (exact) mass is 357 g/mol. The molecular formula is C13H13BrClN3O2. The predicted octanol–water partition coefficient (Wildman–Crippen LogP) is 3.64. The van der Waals surface area contributed by atoms with Crippen LogP contribution in [-0.4, -0.2) is 25.8 Å². The lowest BCUT2D eigenvalue weighted by molar-refractivity contribution is 0.0683. The van der Waals surface area contributed by atoms with E-state index in [-0.39, 0.29) is 5.82 Å². The summed E-state index contributed by atoms with van der Waals surface area (Å²) in [6.07, 6.45) is 1.48. The van der Waals surface area contributed by atoms with Crippen molar-refractivity contribution in [2.24, 2.45) is 0 Å². The summed E-state index contributed by atoms with van der Waals surface area (Å²) in [6, 6.07) is 3.62. The molecule has 0 spiro atoms. The van der Waals surface area contributed by atoms with Gasteiger partial charge in [0, 0.05) is 15.9 Å². The molecule has 0 aliphatic carbocycles. The standard InChI is InChI=1S/C13H13BrClN3O2/c1-3-4-11-16-12(13(19)20)17-18(11)10-6-9(15)7(2)5-8(10)14/h5-6H,3-4H2,1-2H3,(H,19,20). The van der Waals surface area contributed by atoms with Crippen molar-refractivity contribution in [1.82, 2.24) is 14.8 Å². The van der Waals surface area contributed by atoms with E-state index in [2.05, 4.69) is 26.0 Å². The number of nitrogens with zero attached hydrogens (tertiary/aromatic N) is 3. The molecule has 2 rings (SSSR count). The van der Waals surface area contributed by atoms with Gasteiger partial charge in [0.15, 0.2) is 0 Å². The molecule has 1 aromatic carbocycles. The Morgan fingerprint density at radius 3 is 2.80 bits per heavy atom. The largest absolute Gasteiger partial charge is 0.475 e. The van der Waals surface area contributed by atoms with Crippen LogP contribution in [0, 0.1) is 6.92 Å². The Morgan fingerprint density at radius 1 is 1.50 bits per heavy atom. The summed E-state index contributed by atoms with van der Waals surface area (Å²) in [6.45, 7) is 3.89. The maximum atomic E-state index is 11.0. The summed E-state index contributed by atoms with van der Waals surface area (Å²) in [7, 11) is 0. The van der Waals surface area contributed by atoms with Crippen LogP contribution in [0.4, 0.5) is 0 Å². The Hall–Kier alpha value is -1.40. The van der Waals surface area contributed by atoms with Crippen molar-refractivity contribution in [3.8, 4) is 5.69 Å². The fourth-order valence-electron chi connectivity index (χ4n) is 1.81. The zero-order chi connectivity index (χ0) is 14.9. The molecule has 7 heteroatoms. The number of carbonyl (C=O) groups is 1. The molecular weight excluding hydrogens is 346 g/mol. The van der Waals surface area contributed by atoms with Crippen LogP contribution in [0.25, 0.3) is 5.69 Å². The van der Waals surface area contributed by atoms with Gasteiger partial charge in [-0.15, -0.1) is 5.10 Å². The second kappa shape index (κ2) is 5.93. The van der Waals surface area contributed by atoms with Crippen molar-refractivity contribution in [3.63, 3.8) is 0 Å². The first-order valence-corrected chi connectivity index (χ1v) is 7.26. The van der Waals surface area contributed by atoms with Gasteiger partial charge in [0.05, 0.1) is 5.69 Å². The SMILES string of the molecule is CCCc1nc(C(=O)O)nn1-c1cc(Cl)c(C)cc1Br. The molecule has 0 saturated heterocycles. The van der Waals surface area contributed by atoms with E-state index in [9.17, 15) is 4.79 Å². The second-order valence-corrected chi connectivity index (χ2v) is 5.63. The van der Waals surface area contributed by atoms with E-state index in [1.807, 2.05) is 19.9 Å². The number of benzene rings is 1. The van der Waals surface area contributed by atoms with Crippen LogP contribution in [-0.2, 0) is 6.42 Å². The van der Waals surface area contributed by atoms with E-state index in [0.717, 1.165) is 16.5 Å². The first-order chi connectivity index (χ1) is 9.43. The maximum Gasteiger partial charge on any atom is 0.375 e. The number of carboxylic acid groups (broad SMARTS) is 1. The molecule has 20 heavy (non-hydrogen) atoms. The molecule has 0 radical (unpaired) electrons. The van der Waals surface area contributed by atoms with Crippen molar-refractivity contribution >= 4 is 33.5 Å². The van der Waals surface area contributed by atoms with Crippen LogP contribution < -0.4 is 0 Å². The lowest BCUT2D eigenvalue weighted by Gasteiger charge is -2.09. The Kier molecular flexibility index (Phi) is 4.45. The third-order valence-corrected chi connectivity index (χ3v) is 3.84. The normalized spacial score (nSPS) is 10.8. The summed E-state index contributed by atoms with van der Waals surface area (Å²) >= 11 is 9.59. The number of aryl methyl sites for hydroxylation is 2. The minimum atomic E-state index is -1.14. The lowest BCUT2D eigenvalue weighted by Crippen LogP contribution is -2.05. The zero-order valence-corrected chi connectivity index (χ0v) is 13.4. The van der Waals surface area contributed by atoms with Gasteiger partial charge >= 0.3 is 5.97 Å². The molecule has 0 aliphatic heterocycles. The van der Waals surface area contributed by atoms with E-state index in [0.29, 0.717) is 23.0 Å². The summed E-state index contributed by atoms with van der Waals surface area (Å²) in [5, 5.41) is 13.7. The van der Waals surface area contributed by atoms with E-state index in [4.69, 9.17) is 16.7 Å². The van der Waals surface area contributed by atoms with Crippen molar-refractivity contribution in [1.29, 1.82) is 0 Å². The summed E-state index contributed by atoms with van der Waals surface area (Å²) in [4.78, 5) is 15.1. The van der Waals surface area contributed by atoms with Crippen LogP contribution in [0.5, 0.6) is 0 Å². The van der Waals surface area contributed by atoms with Gasteiger partial charge in [-0.3, -0.25) is 0 Å². The second-order valence-electron chi connectivity index (χ2n) is 4.37. The predicted molar refractivity (Wildman–Crippen MR) is 79.8 cm³/mol. The van der Waals surface area contributed by atoms with Gasteiger partial charge in [-0.1, -0.05) is 18.5 Å². The summed E-state index contributed by atoms with van der Waals surface area (Å²) in [5.41, 5.74) is 1.61. The van der Waals surface area contributed by atoms with Gasteiger partial charge < -0.3 is 5.11 Å². The number of carboxylic acids is 1. The van der Waals surface area contributed by atoms with Gasteiger partial charge in [-0.25, -0.2) is 14.5 Å². The molecule has 0 saturated carbocycles. The van der Waals surface area contributed by atoms with E-state index in [1.165, 1.54) is 4.68 Å². The number of hydrogen-bond donors (Lipinski definition) is 1. The van der Waals surface area contributed by atoms with Crippen molar-refractivity contribution in [3.05, 3.63) is 38.8 Å². The van der Waals surface area contributed by atoms with Gasteiger partial charge in [0.25, 0.3) is 5.82 Å². The van der Waals surface area contributed by atoms with Crippen LogP contribution >= 0.6 is 27.5 Å². The van der Waals surface area contributed by atoms with Crippen molar-refractivity contribution < 1.29 is 9.90 Å². The minimum Gasteiger partial charge on any atom is -0.475 e. The van der Waals surface area contributed by atoms with Gasteiger partial charge in [0.1, 0.15) is 5.82 Å². The molecule has 0 unspecified atom stereocenters. The summed E-state index contributed by atoms with van der Waals surface area (Å²) < 4.78 is 2.32. The van der Waals surface area contributed by atoms with Gasteiger partial charge in [-0.05, 0) is 47.0 Å². The van der Waals surface area contributed by atoms with E-state index in [1.54, 1.807) is 6.07 Å². The lowest BCUT2D eigenvalue weighted by atomic mass is 10.2. The average Bonchev–Trinajstić information content (AvgIpc) is 2.78. The molecule has 0 aliphatic rings. The van der Waals surface area contributed by atoms with Crippen molar-refractivity contribution in [2.75, 3.05) is 0 Å². The summed E-state index contributed by atoms with van der Waals surface area (Å²) in [5.74, 6) is -0.752. The number of aromatic nitrogens is 3. The van der Waals surface area contributed by atoms with E-state index >= 15 is 0 Å². The molecule has 0 atom stereocenters. The first kappa shape index (κ1) is 15.0. The fourth-order valence-corrected chi connectivity index (χ4v) is 2.60. The topological polar surface area (TPSA) is 68.0 Å². The molecule has 2 aromatic rings. The number of hydrogen-bond acceptors (Lipinski definition) is 3. The Bertz CT molecular complexity index is 670. The molecule has 1 heterocycles. The smallest absolute Gasteiger partial charge is 0.375 e. The molecule has 0 fully saturated rings. The number of rotatable bonds is 4. The third kappa shape index (κ3) is 2.86. The van der Waals surface area contributed by atoms with Crippen LogP contribution in [0.2, 0.25) is 5.02 Å². The maximum absolute atomic E-state index is 11.0. The fraction of sp³-hybridized carbons (Fsp3) is 0.308. The highest BCUT2D eigenvalue weighted by atomic mass is 79.9. The molecule has 1 aromatic heterocycles. The minimum absolute atomic E-state index is 0.211. The molecule has 0 amide bonds. The van der Waals surface area contributed by atoms with Gasteiger partial charge in [0.2, 0.25) is 0 Å². The first-order valence-electron chi connectivity index (χ1n) is 6.09. The highest BCUT2D eigenvalue weighted by molar-refractivity contribution is 9.10. The molecule has 106 valence electrons. The van der Waals surface area contributed by atoms with Crippen LogP contribution in [0.3, 0.4) is 0 Å². The quantitative estimate of drug-likeness (QED) is 0.906. The number of halogens is 2. The van der Waals surface area contributed by atoms with Crippen LogP contribution in [0.15, 0.2) is 16.6 Å². The Balaban J connectivity index is 2.61. The highest BCUT2D eigenvalue weighted by Crippen LogP contribution is 2.28. The Labute approximate surface area is 129 Å². The van der Waals surface area contributed by atoms with Crippen LogP contribution in [0.1, 0.15) is 35.4 Å². The Morgan fingerprint density at radius 2 is 2.20 bits per heavy atom. The van der Waals surface area contributed by atoms with E-state index < -0.39 is 5.97 Å². The highest BCUT2D eigenvalue weighted by Gasteiger charge is 2.18. The zero-order valence-electron chi connectivity index (χ0n) is 11.0. The third-order valence-electron chi connectivity index (χ3n) is 2.80. The average molecular weight is 359 g/mol. The molecule has 5 nitrogen and oxygen atoms in total. The molecule has 1 N–H and O–H groups in total. The van der Waals surface area contributed by atoms with Crippen molar-refractivity contribution in [2.45, 2.75) is 26.7 Å². The molecule has 0 bridgehead atoms. The number of aromatic carboxylic acids is 1. The van der Waals surface area contributed by atoms with Gasteiger partial charge in [-0.2, -0.15) is 0 Å².